The van der Waals surface area contributed by atoms with E-state index in [-0.39, 0.29) is 41.8 Å². The molecule has 5 nitrogen and oxygen atoms in total. The van der Waals surface area contributed by atoms with Gasteiger partial charge in [0.15, 0.2) is 5.78 Å². The number of Topliss-reactive ketones (excluding diaryl/α,β-unsaturated/α-hetero) is 1. The van der Waals surface area contributed by atoms with Gasteiger partial charge < -0.3 is 9.47 Å². The van der Waals surface area contributed by atoms with Gasteiger partial charge in [0.25, 0.3) is 0 Å². The van der Waals surface area contributed by atoms with Gasteiger partial charge in [-0.3, -0.25) is 14.4 Å². The average Bonchev–Trinajstić information content (AvgIpc) is 3.03. The smallest absolute Gasteiger partial charge is 0.303 e. The van der Waals surface area contributed by atoms with Crippen LogP contribution in [0.4, 0.5) is 0 Å². The molecule has 0 saturated heterocycles. The minimum absolute atomic E-state index is 0.0352. The summed E-state index contributed by atoms with van der Waals surface area (Å²) >= 11 is 0. The third-order valence-corrected chi connectivity index (χ3v) is 9.76. The molecular weight excluding hydrogens is 380 g/mol. The molecule has 4 fully saturated rings. The molecule has 4 rings (SSSR count). The molecule has 0 bridgehead atoms. The third kappa shape index (κ3) is 3.60. The van der Waals surface area contributed by atoms with E-state index in [4.69, 9.17) is 9.47 Å². The average molecular weight is 419 g/mol. The van der Waals surface area contributed by atoms with E-state index in [0.717, 1.165) is 44.4 Å². The van der Waals surface area contributed by atoms with Crippen molar-refractivity contribution in [2.45, 2.75) is 91.6 Å². The summed E-state index contributed by atoms with van der Waals surface area (Å²) in [6, 6.07) is 0. The summed E-state index contributed by atoms with van der Waals surface area (Å²) in [5.41, 5.74) is 0.386. The minimum Gasteiger partial charge on any atom is -0.463 e. The Kier molecular flexibility index (Phi) is 5.78. The van der Waals surface area contributed by atoms with Crippen molar-refractivity contribution < 1.29 is 23.9 Å². The molecule has 0 aliphatic heterocycles. The van der Waals surface area contributed by atoms with Gasteiger partial charge in [-0.2, -0.15) is 0 Å². The first-order valence-electron chi connectivity index (χ1n) is 12.0. The zero-order valence-corrected chi connectivity index (χ0v) is 19.1. The molecule has 0 heterocycles. The molecule has 5 heteroatoms. The highest BCUT2D eigenvalue weighted by atomic mass is 16.5. The van der Waals surface area contributed by atoms with Gasteiger partial charge >= 0.3 is 11.9 Å². The molecule has 0 aromatic carbocycles. The topological polar surface area (TPSA) is 69.7 Å². The summed E-state index contributed by atoms with van der Waals surface area (Å²) in [5.74, 6) is 2.29. The lowest BCUT2D eigenvalue weighted by atomic mass is 9.44. The highest BCUT2D eigenvalue weighted by Crippen LogP contribution is 2.67. The number of carbonyl (C=O) groups excluding carboxylic acids is 3. The van der Waals surface area contributed by atoms with Crippen molar-refractivity contribution in [1.29, 1.82) is 0 Å². The molecule has 0 aromatic rings. The molecule has 168 valence electrons. The molecule has 0 unspecified atom stereocenters. The van der Waals surface area contributed by atoms with E-state index in [9.17, 15) is 14.4 Å². The molecule has 0 N–H and O–H groups in total. The molecule has 4 aliphatic carbocycles. The molecule has 4 aliphatic rings. The van der Waals surface area contributed by atoms with E-state index in [1.54, 1.807) is 0 Å². The quantitative estimate of drug-likeness (QED) is 0.619. The summed E-state index contributed by atoms with van der Waals surface area (Å²) in [5, 5.41) is 0. The number of ketones is 1. The fourth-order valence-electron chi connectivity index (χ4n) is 8.36. The van der Waals surface area contributed by atoms with Crippen LogP contribution >= 0.6 is 0 Å². The van der Waals surface area contributed by atoms with Gasteiger partial charge in [0.05, 0.1) is 0 Å². The zero-order chi connectivity index (χ0) is 21.7. The number of carbonyl (C=O) groups is 3. The Morgan fingerprint density at radius 3 is 2.23 bits per heavy atom. The highest BCUT2D eigenvalue weighted by molar-refractivity contribution is 5.85. The van der Waals surface area contributed by atoms with E-state index in [1.807, 2.05) is 0 Å². The maximum absolute atomic E-state index is 12.9. The predicted octanol–water partition coefficient (Wildman–Crippen LogP) is 4.71. The maximum Gasteiger partial charge on any atom is 0.303 e. The number of fused-ring (bicyclic) bond motifs is 5. The zero-order valence-electron chi connectivity index (χ0n) is 19.1. The van der Waals surface area contributed by atoms with Gasteiger partial charge in [0.1, 0.15) is 12.7 Å². The van der Waals surface area contributed by atoms with Crippen LogP contribution in [0.15, 0.2) is 0 Å². The van der Waals surface area contributed by atoms with Crippen LogP contribution in [-0.4, -0.2) is 30.4 Å². The van der Waals surface area contributed by atoms with Crippen molar-refractivity contribution in [2.24, 2.45) is 40.4 Å². The molecule has 0 spiro atoms. The van der Waals surface area contributed by atoms with E-state index in [2.05, 4.69) is 13.8 Å². The van der Waals surface area contributed by atoms with Crippen molar-refractivity contribution in [3.8, 4) is 0 Å². The Morgan fingerprint density at radius 2 is 1.53 bits per heavy atom. The first-order chi connectivity index (χ1) is 14.1. The van der Waals surface area contributed by atoms with Crippen LogP contribution in [0, 0.1) is 40.4 Å². The van der Waals surface area contributed by atoms with E-state index < -0.39 is 0 Å². The monoisotopic (exact) mass is 418 g/mol. The Balaban J connectivity index is 1.48. The van der Waals surface area contributed by atoms with Crippen molar-refractivity contribution in [1.82, 2.24) is 0 Å². The van der Waals surface area contributed by atoms with Crippen molar-refractivity contribution in [2.75, 3.05) is 6.61 Å². The Morgan fingerprint density at radius 1 is 0.833 bits per heavy atom. The van der Waals surface area contributed by atoms with E-state index in [0.29, 0.717) is 23.2 Å². The fraction of sp³-hybridized carbons (Fsp3) is 0.880. The van der Waals surface area contributed by atoms with Crippen LogP contribution in [0.3, 0.4) is 0 Å². The van der Waals surface area contributed by atoms with Gasteiger partial charge in [0.2, 0.25) is 0 Å². The van der Waals surface area contributed by atoms with Gasteiger partial charge in [-0.05, 0) is 92.3 Å². The number of esters is 2. The van der Waals surface area contributed by atoms with Crippen LogP contribution in [0.1, 0.15) is 85.5 Å². The molecule has 0 aromatic heterocycles. The van der Waals surface area contributed by atoms with Crippen LogP contribution in [0.2, 0.25) is 0 Å². The van der Waals surface area contributed by atoms with Crippen molar-refractivity contribution in [3.05, 3.63) is 0 Å². The predicted molar refractivity (Wildman–Crippen MR) is 112 cm³/mol. The SMILES string of the molecule is CC(=O)OCC(=O)[C@H]1CC[C@H]2[C@@H]3CC[C@H]4C[C@H](OC(C)=O)CC[C@]4(C)[C@H]3CC[C@]12C. The second-order valence-corrected chi connectivity index (χ2v) is 11.1. The van der Waals surface area contributed by atoms with Crippen LogP contribution in [0.5, 0.6) is 0 Å². The standard InChI is InChI=1S/C25H38O5/c1-15(26)29-14-23(28)22-8-7-20-19-6-5-17-13-18(30-16(2)27)9-11-24(17,3)21(19)10-12-25(20,22)4/h17-22H,5-14H2,1-4H3/t17-,18+,19-,20-,21-,22+,24-,25-/m0/s1. The normalized spacial score (nSPS) is 44.9. The highest BCUT2D eigenvalue weighted by Gasteiger charge is 2.61. The lowest BCUT2D eigenvalue weighted by Gasteiger charge is -2.61. The molecule has 4 saturated carbocycles. The van der Waals surface area contributed by atoms with E-state index in [1.165, 1.54) is 33.1 Å². The Labute approximate surface area is 180 Å². The molecule has 0 amide bonds. The fourth-order valence-corrected chi connectivity index (χ4v) is 8.36. The van der Waals surface area contributed by atoms with Gasteiger partial charge in [-0.25, -0.2) is 0 Å². The number of hydrogen-bond acceptors (Lipinski definition) is 5. The Hall–Kier alpha value is -1.39. The summed E-state index contributed by atoms with van der Waals surface area (Å²) in [6.07, 6.45) is 10.1. The number of hydrogen-bond donors (Lipinski definition) is 0. The first kappa shape index (κ1) is 21.8. The lowest BCUT2D eigenvalue weighted by molar-refractivity contribution is -0.161. The van der Waals surface area contributed by atoms with Gasteiger partial charge in [-0.1, -0.05) is 13.8 Å². The third-order valence-electron chi connectivity index (χ3n) is 9.76. The first-order valence-corrected chi connectivity index (χ1v) is 12.0. The minimum atomic E-state index is -0.373. The van der Waals surface area contributed by atoms with Gasteiger partial charge in [-0.15, -0.1) is 0 Å². The summed E-state index contributed by atoms with van der Waals surface area (Å²) in [4.78, 5) is 35.5. The number of rotatable bonds is 4. The van der Waals surface area contributed by atoms with Crippen LogP contribution < -0.4 is 0 Å². The lowest BCUT2D eigenvalue weighted by Crippen LogP contribution is -2.54. The van der Waals surface area contributed by atoms with Crippen LogP contribution in [0.25, 0.3) is 0 Å². The molecule has 30 heavy (non-hydrogen) atoms. The van der Waals surface area contributed by atoms with Crippen molar-refractivity contribution in [3.63, 3.8) is 0 Å². The second kappa shape index (κ2) is 7.94. The van der Waals surface area contributed by atoms with Crippen molar-refractivity contribution >= 4 is 17.7 Å². The summed E-state index contributed by atoms with van der Waals surface area (Å²) < 4.78 is 10.6. The van der Waals surface area contributed by atoms with E-state index >= 15 is 0 Å². The Bertz CT molecular complexity index is 716. The molecular formula is C25H38O5. The second-order valence-electron chi connectivity index (χ2n) is 11.1. The summed E-state index contributed by atoms with van der Waals surface area (Å²) in [6.45, 7) is 7.66. The molecule has 0 radical (unpaired) electrons. The summed E-state index contributed by atoms with van der Waals surface area (Å²) in [7, 11) is 0. The number of ether oxygens (including phenoxy) is 2. The van der Waals surface area contributed by atoms with Crippen LogP contribution in [-0.2, 0) is 23.9 Å². The largest absolute Gasteiger partial charge is 0.463 e. The molecule has 8 atom stereocenters. The maximum atomic E-state index is 12.9. The van der Waals surface area contributed by atoms with Gasteiger partial charge in [0, 0.05) is 19.8 Å².